The molecule has 0 amide bonds. The van der Waals surface area contributed by atoms with Gasteiger partial charge in [0.05, 0.1) is 0 Å². The van der Waals surface area contributed by atoms with Crippen molar-refractivity contribution in [3.05, 3.63) is 34.1 Å². The van der Waals surface area contributed by atoms with Crippen molar-refractivity contribution in [2.24, 2.45) is 5.73 Å². The Morgan fingerprint density at radius 3 is 2.85 bits per heavy atom. The monoisotopic (exact) mass is 343 g/mol. The van der Waals surface area contributed by atoms with Crippen molar-refractivity contribution in [1.29, 1.82) is 0 Å². The van der Waals surface area contributed by atoms with Crippen LogP contribution in [0.25, 0.3) is 0 Å². The van der Waals surface area contributed by atoms with Crippen LogP contribution in [0, 0.1) is 5.82 Å². The van der Waals surface area contributed by atoms with Gasteiger partial charge in [-0.1, -0.05) is 22.0 Å². The molecule has 0 aromatic heterocycles. The lowest BCUT2D eigenvalue weighted by Crippen LogP contribution is -2.42. The van der Waals surface area contributed by atoms with E-state index in [0.717, 1.165) is 23.1 Å². The Balaban J connectivity index is 2.22. The molecule has 2 rings (SSSR count). The van der Waals surface area contributed by atoms with Gasteiger partial charge in [0.2, 0.25) is 0 Å². The Kier molecular flexibility index (Phi) is 5.55. The zero-order valence-electron chi connectivity index (χ0n) is 12.1. The Morgan fingerprint density at radius 2 is 2.25 bits per heavy atom. The summed E-state index contributed by atoms with van der Waals surface area (Å²) in [7, 11) is 4.20. The first kappa shape index (κ1) is 15.9. The molecule has 1 heterocycles. The Bertz CT molecular complexity index is 453. The number of rotatable bonds is 5. The van der Waals surface area contributed by atoms with Crippen molar-refractivity contribution in [3.63, 3.8) is 0 Å². The van der Waals surface area contributed by atoms with Gasteiger partial charge in [0.15, 0.2) is 0 Å². The third-order valence-electron chi connectivity index (χ3n) is 3.94. The summed E-state index contributed by atoms with van der Waals surface area (Å²) >= 11 is 3.47. The van der Waals surface area contributed by atoms with Crippen LogP contribution in [0.1, 0.15) is 24.4 Å². The second-order valence-electron chi connectivity index (χ2n) is 5.71. The minimum atomic E-state index is -0.220. The summed E-state index contributed by atoms with van der Waals surface area (Å²) in [4.78, 5) is 4.69. The molecule has 0 bridgehead atoms. The fourth-order valence-electron chi connectivity index (χ4n) is 3.10. The van der Waals surface area contributed by atoms with Crippen LogP contribution < -0.4 is 5.73 Å². The van der Waals surface area contributed by atoms with E-state index in [1.54, 1.807) is 0 Å². The van der Waals surface area contributed by atoms with Gasteiger partial charge in [-0.05, 0) is 51.2 Å². The van der Waals surface area contributed by atoms with E-state index in [9.17, 15) is 4.39 Å². The van der Waals surface area contributed by atoms with Crippen molar-refractivity contribution in [1.82, 2.24) is 9.80 Å². The number of hydrogen-bond acceptors (Lipinski definition) is 3. The molecule has 5 heteroatoms. The molecule has 2 unspecified atom stereocenters. The number of likely N-dealkylation sites (N-methyl/N-ethyl adjacent to an activating group) is 1. The first-order valence-electron chi connectivity index (χ1n) is 7.08. The SMILES string of the molecule is CN(C)CC1CCCN1C(CN)c1ccc(F)cc1Br. The fraction of sp³-hybridized carbons (Fsp3) is 0.600. The number of likely N-dealkylation sites (tertiary alicyclic amines) is 1. The van der Waals surface area contributed by atoms with Crippen molar-refractivity contribution in [3.8, 4) is 0 Å². The summed E-state index contributed by atoms with van der Waals surface area (Å²) in [5, 5.41) is 0. The van der Waals surface area contributed by atoms with Gasteiger partial charge in [0.25, 0.3) is 0 Å². The predicted octanol–water partition coefficient (Wildman–Crippen LogP) is 2.61. The van der Waals surface area contributed by atoms with Crippen LogP contribution >= 0.6 is 15.9 Å². The van der Waals surface area contributed by atoms with Crippen LogP contribution in [0.4, 0.5) is 4.39 Å². The molecular weight excluding hydrogens is 321 g/mol. The highest BCUT2D eigenvalue weighted by Gasteiger charge is 2.31. The Hall–Kier alpha value is -0.490. The summed E-state index contributed by atoms with van der Waals surface area (Å²) in [6.45, 7) is 2.65. The highest BCUT2D eigenvalue weighted by Crippen LogP contribution is 2.33. The van der Waals surface area contributed by atoms with Gasteiger partial charge < -0.3 is 10.6 Å². The van der Waals surface area contributed by atoms with E-state index in [1.807, 2.05) is 6.07 Å². The molecule has 1 aliphatic rings. The normalized spacial score (nSPS) is 21.6. The zero-order chi connectivity index (χ0) is 14.7. The quantitative estimate of drug-likeness (QED) is 0.891. The van der Waals surface area contributed by atoms with Crippen LogP contribution in [0.15, 0.2) is 22.7 Å². The maximum Gasteiger partial charge on any atom is 0.124 e. The third-order valence-corrected chi connectivity index (χ3v) is 4.63. The number of halogens is 2. The third kappa shape index (κ3) is 3.58. The van der Waals surface area contributed by atoms with Crippen LogP contribution in [0.3, 0.4) is 0 Å². The lowest BCUT2D eigenvalue weighted by molar-refractivity contribution is 0.155. The molecular formula is C15H23BrFN3. The largest absolute Gasteiger partial charge is 0.329 e. The molecule has 0 aliphatic carbocycles. The van der Waals surface area contributed by atoms with Crippen LogP contribution in [-0.4, -0.2) is 49.6 Å². The summed E-state index contributed by atoms with van der Waals surface area (Å²) in [5.74, 6) is -0.220. The molecule has 20 heavy (non-hydrogen) atoms. The lowest BCUT2D eigenvalue weighted by Gasteiger charge is -2.34. The lowest BCUT2D eigenvalue weighted by atomic mass is 10.0. The fourth-order valence-corrected chi connectivity index (χ4v) is 3.71. The first-order valence-corrected chi connectivity index (χ1v) is 7.87. The first-order chi connectivity index (χ1) is 9.52. The number of benzene rings is 1. The van der Waals surface area contributed by atoms with Crippen LogP contribution in [0.2, 0.25) is 0 Å². The Morgan fingerprint density at radius 1 is 1.50 bits per heavy atom. The smallest absolute Gasteiger partial charge is 0.124 e. The van der Waals surface area contributed by atoms with Gasteiger partial charge in [-0.25, -0.2) is 4.39 Å². The standard InChI is InChI=1S/C15H23BrFN3/c1-19(2)10-12-4-3-7-20(12)15(9-18)13-6-5-11(17)8-14(13)16/h5-6,8,12,15H,3-4,7,9-10,18H2,1-2H3. The van der Waals surface area contributed by atoms with E-state index >= 15 is 0 Å². The number of nitrogens with zero attached hydrogens (tertiary/aromatic N) is 2. The highest BCUT2D eigenvalue weighted by molar-refractivity contribution is 9.10. The summed E-state index contributed by atoms with van der Waals surface area (Å²) in [5.41, 5.74) is 7.10. The molecule has 0 spiro atoms. The summed E-state index contributed by atoms with van der Waals surface area (Å²) in [6.07, 6.45) is 2.40. The van der Waals surface area contributed by atoms with E-state index in [2.05, 4.69) is 39.8 Å². The maximum atomic E-state index is 13.3. The van der Waals surface area contributed by atoms with Gasteiger partial charge in [0.1, 0.15) is 5.82 Å². The van der Waals surface area contributed by atoms with E-state index in [1.165, 1.54) is 25.0 Å². The maximum absolute atomic E-state index is 13.3. The van der Waals surface area contributed by atoms with Crippen LogP contribution in [-0.2, 0) is 0 Å². The molecule has 112 valence electrons. The topological polar surface area (TPSA) is 32.5 Å². The molecule has 2 atom stereocenters. The van der Waals surface area contributed by atoms with Gasteiger partial charge in [-0.15, -0.1) is 0 Å². The minimum Gasteiger partial charge on any atom is -0.329 e. The number of nitrogens with two attached hydrogens (primary N) is 1. The molecule has 1 aliphatic heterocycles. The predicted molar refractivity (Wildman–Crippen MR) is 84.2 cm³/mol. The summed E-state index contributed by atoms with van der Waals surface area (Å²) in [6, 6.07) is 5.56. The van der Waals surface area contributed by atoms with Crippen LogP contribution in [0.5, 0.6) is 0 Å². The van der Waals surface area contributed by atoms with E-state index in [4.69, 9.17) is 5.73 Å². The average molecular weight is 344 g/mol. The van der Waals surface area contributed by atoms with Crippen molar-refractivity contribution < 1.29 is 4.39 Å². The van der Waals surface area contributed by atoms with Crippen molar-refractivity contribution in [2.75, 3.05) is 33.7 Å². The minimum absolute atomic E-state index is 0.150. The summed E-state index contributed by atoms with van der Waals surface area (Å²) < 4.78 is 14.1. The Labute approximate surface area is 129 Å². The average Bonchev–Trinajstić information content (AvgIpc) is 2.80. The van der Waals surface area contributed by atoms with Gasteiger partial charge in [-0.3, -0.25) is 4.90 Å². The molecule has 0 saturated carbocycles. The molecule has 3 nitrogen and oxygen atoms in total. The molecule has 1 saturated heterocycles. The van der Waals surface area contributed by atoms with E-state index in [0.29, 0.717) is 12.6 Å². The zero-order valence-corrected chi connectivity index (χ0v) is 13.7. The molecule has 1 fully saturated rings. The van der Waals surface area contributed by atoms with Gasteiger partial charge in [0, 0.05) is 29.6 Å². The van der Waals surface area contributed by atoms with E-state index in [-0.39, 0.29) is 11.9 Å². The molecule has 1 aromatic carbocycles. The van der Waals surface area contributed by atoms with E-state index < -0.39 is 0 Å². The van der Waals surface area contributed by atoms with Crippen molar-refractivity contribution in [2.45, 2.75) is 24.9 Å². The second-order valence-corrected chi connectivity index (χ2v) is 6.57. The molecule has 0 radical (unpaired) electrons. The van der Waals surface area contributed by atoms with Gasteiger partial charge >= 0.3 is 0 Å². The molecule has 1 aromatic rings. The second kappa shape index (κ2) is 6.98. The molecule has 2 N–H and O–H groups in total. The van der Waals surface area contributed by atoms with Crippen molar-refractivity contribution >= 4 is 15.9 Å². The highest BCUT2D eigenvalue weighted by atomic mass is 79.9. The number of hydrogen-bond donors (Lipinski definition) is 1. The van der Waals surface area contributed by atoms with Gasteiger partial charge in [-0.2, -0.15) is 0 Å².